The summed E-state index contributed by atoms with van der Waals surface area (Å²) in [6.07, 6.45) is -2.90. The molecule has 4 rings (SSSR count). The number of alkyl halides is 3. The highest BCUT2D eigenvalue weighted by Crippen LogP contribution is 2.33. The van der Waals surface area contributed by atoms with Crippen LogP contribution in [0.4, 0.5) is 13.2 Å². The van der Waals surface area contributed by atoms with Gasteiger partial charge in [-0.05, 0) is 40.5 Å². The largest absolute Gasteiger partial charge is 0.481 e. The number of H-pyrrole nitrogens is 1. The number of benzene rings is 3. The van der Waals surface area contributed by atoms with Gasteiger partial charge in [0, 0.05) is 17.3 Å². The number of aromatic amines is 1. The summed E-state index contributed by atoms with van der Waals surface area (Å²) in [5.41, 5.74) is 2.96. The number of aromatic nitrogens is 1. The van der Waals surface area contributed by atoms with E-state index in [4.69, 9.17) is 5.11 Å². The van der Waals surface area contributed by atoms with Crippen molar-refractivity contribution in [2.75, 3.05) is 0 Å². The van der Waals surface area contributed by atoms with Crippen molar-refractivity contribution < 1.29 is 27.9 Å². The highest BCUT2D eigenvalue weighted by Gasteiger charge is 2.30. The third-order valence-corrected chi connectivity index (χ3v) is 5.28. The van der Waals surface area contributed by atoms with Crippen molar-refractivity contribution in [1.82, 2.24) is 4.98 Å². The van der Waals surface area contributed by atoms with Gasteiger partial charge in [0.1, 0.15) is 0 Å². The normalized spacial score (nSPS) is 11.4. The zero-order chi connectivity index (χ0) is 23.6. The van der Waals surface area contributed by atoms with E-state index in [-0.39, 0.29) is 12.2 Å². The number of ketones is 1. The van der Waals surface area contributed by atoms with E-state index in [0.29, 0.717) is 39.1 Å². The monoisotopic (exact) mass is 449 g/mol. The van der Waals surface area contributed by atoms with Crippen LogP contribution in [0.25, 0.3) is 22.4 Å². The summed E-state index contributed by atoms with van der Waals surface area (Å²) in [4.78, 5) is 27.4. The summed E-state index contributed by atoms with van der Waals surface area (Å²) in [6, 6.07) is 20.0. The van der Waals surface area contributed by atoms with Gasteiger partial charge in [0.25, 0.3) is 0 Å². The van der Waals surface area contributed by atoms with Gasteiger partial charge in [0.15, 0.2) is 5.78 Å². The van der Waals surface area contributed by atoms with Gasteiger partial charge in [-0.15, -0.1) is 0 Å². The zero-order valence-corrected chi connectivity index (χ0v) is 17.2. The van der Waals surface area contributed by atoms with Crippen LogP contribution in [0.5, 0.6) is 0 Å². The average molecular weight is 449 g/mol. The van der Waals surface area contributed by atoms with E-state index in [0.717, 1.165) is 12.1 Å². The van der Waals surface area contributed by atoms with E-state index in [1.54, 1.807) is 60.8 Å². The Morgan fingerprint density at radius 2 is 1.42 bits per heavy atom. The number of carbonyl (C=O) groups excluding carboxylic acids is 1. The van der Waals surface area contributed by atoms with E-state index in [1.807, 2.05) is 0 Å². The molecule has 2 N–H and O–H groups in total. The molecule has 0 aliphatic carbocycles. The second-order valence-electron chi connectivity index (χ2n) is 7.48. The molecule has 0 amide bonds. The maximum absolute atomic E-state index is 13.5. The molecular weight excluding hydrogens is 431 g/mol. The lowest BCUT2D eigenvalue weighted by atomic mass is 9.92. The highest BCUT2D eigenvalue weighted by molar-refractivity contribution is 6.15. The van der Waals surface area contributed by atoms with Crippen molar-refractivity contribution in [2.45, 2.75) is 12.6 Å². The minimum atomic E-state index is -4.44. The lowest BCUT2D eigenvalue weighted by Gasteiger charge is -2.12. The number of hydrogen-bond donors (Lipinski definition) is 2. The maximum Gasteiger partial charge on any atom is 0.416 e. The van der Waals surface area contributed by atoms with Crippen LogP contribution in [0.15, 0.2) is 85.1 Å². The number of aliphatic carboxylic acids is 1. The zero-order valence-electron chi connectivity index (χ0n) is 17.2. The van der Waals surface area contributed by atoms with Crippen LogP contribution in [-0.2, 0) is 17.4 Å². The van der Waals surface area contributed by atoms with Crippen molar-refractivity contribution in [3.63, 3.8) is 0 Å². The predicted molar refractivity (Wildman–Crippen MR) is 118 cm³/mol. The lowest BCUT2D eigenvalue weighted by Crippen LogP contribution is -2.06. The molecule has 0 spiro atoms. The van der Waals surface area contributed by atoms with Crippen LogP contribution in [0, 0.1) is 0 Å². The van der Waals surface area contributed by atoms with Gasteiger partial charge < -0.3 is 10.1 Å². The molecule has 3 aromatic carbocycles. The van der Waals surface area contributed by atoms with Gasteiger partial charge in [-0.2, -0.15) is 13.2 Å². The molecule has 1 heterocycles. The molecule has 0 fully saturated rings. The van der Waals surface area contributed by atoms with Crippen molar-refractivity contribution in [3.05, 3.63) is 107 Å². The molecule has 0 saturated heterocycles. The summed E-state index contributed by atoms with van der Waals surface area (Å²) in [5.74, 6) is -1.21. The minimum Gasteiger partial charge on any atom is -0.481 e. The Morgan fingerprint density at radius 3 is 2.06 bits per heavy atom. The van der Waals surface area contributed by atoms with E-state index >= 15 is 0 Å². The number of rotatable bonds is 6. The molecule has 4 nitrogen and oxygen atoms in total. The third kappa shape index (κ3) is 4.72. The van der Waals surface area contributed by atoms with E-state index < -0.39 is 17.7 Å². The third-order valence-electron chi connectivity index (χ3n) is 5.28. The van der Waals surface area contributed by atoms with E-state index in [1.165, 1.54) is 12.1 Å². The Kier molecular flexibility index (Phi) is 5.87. The Hall–Kier alpha value is -4.13. The molecule has 1 aromatic heterocycles. The quantitative estimate of drug-likeness (QED) is 0.343. The molecule has 0 aliphatic heterocycles. The highest BCUT2D eigenvalue weighted by atomic mass is 19.4. The van der Waals surface area contributed by atoms with Crippen LogP contribution in [0.3, 0.4) is 0 Å². The smallest absolute Gasteiger partial charge is 0.416 e. The molecule has 166 valence electrons. The molecular formula is C26H18F3NO3. The van der Waals surface area contributed by atoms with Gasteiger partial charge >= 0.3 is 12.1 Å². The van der Waals surface area contributed by atoms with Crippen LogP contribution in [-0.4, -0.2) is 21.8 Å². The van der Waals surface area contributed by atoms with Crippen molar-refractivity contribution in [3.8, 4) is 22.4 Å². The van der Waals surface area contributed by atoms with E-state index in [2.05, 4.69) is 4.98 Å². The Morgan fingerprint density at radius 1 is 0.788 bits per heavy atom. The molecule has 0 unspecified atom stereocenters. The molecule has 0 bridgehead atoms. The SMILES string of the molecule is O=C(O)Cc1ccc(-c2[nH]ccc2C(=O)c2ccccc2-c2ccc(C(F)(F)F)cc2)cc1. The molecule has 0 radical (unpaired) electrons. The Balaban J connectivity index is 1.69. The molecule has 33 heavy (non-hydrogen) atoms. The number of halogens is 3. The molecule has 7 heteroatoms. The molecule has 0 atom stereocenters. The van der Waals surface area contributed by atoms with Gasteiger partial charge in [-0.3, -0.25) is 9.59 Å². The van der Waals surface area contributed by atoms with E-state index in [9.17, 15) is 22.8 Å². The first-order chi connectivity index (χ1) is 15.7. The number of nitrogens with one attached hydrogen (secondary N) is 1. The molecule has 0 saturated carbocycles. The Labute approximate surface area is 187 Å². The van der Waals surface area contributed by atoms with Gasteiger partial charge in [-0.25, -0.2) is 0 Å². The lowest BCUT2D eigenvalue weighted by molar-refractivity contribution is -0.138. The van der Waals surface area contributed by atoms with Crippen LogP contribution < -0.4 is 0 Å². The second-order valence-corrected chi connectivity index (χ2v) is 7.48. The topological polar surface area (TPSA) is 70.2 Å². The fourth-order valence-corrected chi connectivity index (χ4v) is 3.68. The fraction of sp³-hybridized carbons (Fsp3) is 0.0769. The first kappa shape index (κ1) is 22.1. The van der Waals surface area contributed by atoms with Crippen LogP contribution in [0.1, 0.15) is 27.0 Å². The second kappa shape index (κ2) is 8.78. The van der Waals surface area contributed by atoms with Crippen molar-refractivity contribution in [2.24, 2.45) is 0 Å². The van der Waals surface area contributed by atoms with Gasteiger partial charge in [0.05, 0.1) is 17.7 Å². The molecule has 4 aromatic rings. The first-order valence-electron chi connectivity index (χ1n) is 10.0. The number of hydrogen-bond acceptors (Lipinski definition) is 2. The average Bonchev–Trinajstić information content (AvgIpc) is 3.28. The number of carboxylic acid groups (broad SMARTS) is 1. The summed E-state index contributed by atoms with van der Waals surface area (Å²) in [6.45, 7) is 0. The number of carboxylic acids is 1. The maximum atomic E-state index is 13.5. The van der Waals surface area contributed by atoms with Gasteiger partial charge in [-0.1, -0.05) is 60.7 Å². The minimum absolute atomic E-state index is 0.0999. The summed E-state index contributed by atoms with van der Waals surface area (Å²) < 4.78 is 38.8. The predicted octanol–water partition coefficient (Wildman–Crippen LogP) is 6.23. The van der Waals surface area contributed by atoms with Crippen LogP contribution in [0.2, 0.25) is 0 Å². The fourth-order valence-electron chi connectivity index (χ4n) is 3.68. The first-order valence-corrected chi connectivity index (χ1v) is 10.0. The summed E-state index contributed by atoms with van der Waals surface area (Å²) in [7, 11) is 0. The van der Waals surface area contributed by atoms with Crippen LogP contribution >= 0.6 is 0 Å². The van der Waals surface area contributed by atoms with Gasteiger partial charge in [0.2, 0.25) is 0 Å². The summed E-state index contributed by atoms with van der Waals surface area (Å²) in [5, 5.41) is 8.93. The van der Waals surface area contributed by atoms with Crippen molar-refractivity contribution in [1.29, 1.82) is 0 Å². The number of carbonyl (C=O) groups is 2. The Bertz CT molecular complexity index is 1300. The van der Waals surface area contributed by atoms with Crippen molar-refractivity contribution >= 4 is 11.8 Å². The summed E-state index contributed by atoms with van der Waals surface area (Å²) >= 11 is 0. The molecule has 0 aliphatic rings. The standard InChI is InChI=1S/C26H18F3NO3/c27-26(28,29)19-11-9-17(10-12-19)20-3-1-2-4-21(20)25(33)22-13-14-30-24(22)18-7-5-16(6-8-18)15-23(31)32/h1-14,30H,15H2,(H,31,32).